The second-order valence-electron chi connectivity index (χ2n) is 5.18. The van der Waals surface area contributed by atoms with E-state index in [4.69, 9.17) is 9.84 Å². The van der Waals surface area contributed by atoms with Crippen molar-refractivity contribution in [2.45, 2.75) is 58.7 Å². The molecule has 7 nitrogen and oxygen atoms in total. The number of hydrogen-bond donors (Lipinski definition) is 3. The van der Waals surface area contributed by atoms with Crippen LogP contribution in [-0.4, -0.2) is 40.8 Å². The van der Waals surface area contributed by atoms with Crippen LogP contribution in [0.25, 0.3) is 0 Å². The molecule has 0 aromatic carbocycles. The van der Waals surface area contributed by atoms with Crippen LogP contribution < -0.4 is 10.6 Å². The van der Waals surface area contributed by atoms with Crippen LogP contribution in [0.4, 0.5) is 4.79 Å². The summed E-state index contributed by atoms with van der Waals surface area (Å²) in [5, 5.41) is 13.4. The van der Waals surface area contributed by atoms with Crippen molar-refractivity contribution < 1.29 is 24.2 Å². The van der Waals surface area contributed by atoms with Gasteiger partial charge in [-0.05, 0) is 34.1 Å². The molecule has 110 valence electrons. The van der Waals surface area contributed by atoms with Crippen LogP contribution in [0.15, 0.2) is 0 Å². The predicted molar refractivity (Wildman–Crippen MR) is 68.7 cm³/mol. The van der Waals surface area contributed by atoms with Gasteiger partial charge in [0.1, 0.15) is 17.7 Å². The molecule has 0 radical (unpaired) electrons. The van der Waals surface area contributed by atoms with E-state index in [9.17, 15) is 14.4 Å². The third kappa shape index (κ3) is 7.28. The summed E-state index contributed by atoms with van der Waals surface area (Å²) in [6, 6.07) is -1.83. The zero-order valence-electron chi connectivity index (χ0n) is 11.9. The summed E-state index contributed by atoms with van der Waals surface area (Å²) in [5.41, 5.74) is -0.660. The summed E-state index contributed by atoms with van der Waals surface area (Å²) in [6.45, 7) is 8.17. The molecule has 3 N–H and O–H groups in total. The van der Waals surface area contributed by atoms with E-state index in [0.717, 1.165) is 0 Å². The number of carbonyl (C=O) groups is 3. The Morgan fingerprint density at radius 2 is 1.74 bits per heavy atom. The summed E-state index contributed by atoms with van der Waals surface area (Å²) in [7, 11) is 0. The van der Waals surface area contributed by atoms with E-state index < -0.39 is 35.7 Å². The smallest absolute Gasteiger partial charge is 0.408 e. The van der Waals surface area contributed by atoms with Gasteiger partial charge in [0.05, 0.1) is 0 Å². The van der Waals surface area contributed by atoms with Gasteiger partial charge in [-0.2, -0.15) is 0 Å². The second-order valence-corrected chi connectivity index (χ2v) is 5.18. The Bertz CT molecular complexity index is 349. The fourth-order valence-electron chi connectivity index (χ4n) is 1.18. The Morgan fingerprint density at radius 1 is 1.21 bits per heavy atom. The minimum Gasteiger partial charge on any atom is -0.480 e. The molecule has 0 aliphatic carbocycles. The largest absolute Gasteiger partial charge is 0.480 e. The first-order valence-corrected chi connectivity index (χ1v) is 6.09. The zero-order valence-corrected chi connectivity index (χ0v) is 11.9. The van der Waals surface area contributed by atoms with Crippen LogP contribution in [0.1, 0.15) is 41.0 Å². The van der Waals surface area contributed by atoms with Gasteiger partial charge in [-0.3, -0.25) is 9.59 Å². The van der Waals surface area contributed by atoms with Crippen LogP contribution >= 0.6 is 0 Å². The lowest BCUT2D eigenvalue weighted by atomic mass is 10.2. The van der Waals surface area contributed by atoms with Gasteiger partial charge in [0.15, 0.2) is 0 Å². The molecule has 0 saturated heterocycles. The maximum absolute atomic E-state index is 11.7. The minimum atomic E-state index is -1.14. The topological polar surface area (TPSA) is 105 Å². The highest BCUT2D eigenvalue weighted by Gasteiger charge is 2.25. The second kappa shape index (κ2) is 6.96. The Balaban J connectivity index is 4.46. The Morgan fingerprint density at radius 3 is 2.11 bits per heavy atom. The van der Waals surface area contributed by atoms with E-state index in [1.807, 2.05) is 0 Å². The van der Waals surface area contributed by atoms with Gasteiger partial charge in [-0.15, -0.1) is 0 Å². The fourth-order valence-corrected chi connectivity index (χ4v) is 1.18. The van der Waals surface area contributed by atoms with Crippen molar-refractivity contribution >= 4 is 18.0 Å². The molecule has 0 saturated carbocycles. The molecule has 2 amide bonds. The highest BCUT2D eigenvalue weighted by atomic mass is 16.6. The number of carbonyl (C=O) groups excluding carboxylic acids is 2. The average Bonchev–Trinajstić information content (AvgIpc) is 2.22. The minimum absolute atomic E-state index is 0.331. The van der Waals surface area contributed by atoms with Gasteiger partial charge in [0, 0.05) is 0 Å². The molecular formula is C12H22N2O5. The number of amides is 2. The summed E-state index contributed by atoms with van der Waals surface area (Å²) < 4.78 is 5.03. The number of alkyl carbamates (subject to hydrolysis) is 1. The zero-order chi connectivity index (χ0) is 15.2. The highest BCUT2D eigenvalue weighted by molar-refractivity contribution is 5.89. The fraction of sp³-hybridized carbons (Fsp3) is 0.750. The Hall–Kier alpha value is -1.79. The number of rotatable bonds is 5. The lowest BCUT2D eigenvalue weighted by Crippen LogP contribution is -2.51. The molecular weight excluding hydrogens is 252 g/mol. The number of nitrogens with one attached hydrogen (secondary N) is 2. The number of ether oxygens (including phenoxy) is 1. The van der Waals surface area contributed by atoms with Gasteiger partial charge in [0.2, 0.25) is 5.91 Å². The van der Waals surface area contributed by atoms with Gasteiger partial charge in [-0.1, -0.05) is 6.92 Å². The van der Waals surface area contributed by atoms with Gasteiger partial charge < -0.3 is 20.5 Å². The van der Waals surface area contributed by atoms with E-state index in [2.05, 4.69) is 10.6 Å². The SMILES string of the molecule is CCC(NC(=O)OC(C)(C)C)C(=O)NC(C)C(=O)O. The summed E-state index contributed by atoms with van der Waals surface area (Å²) in [6.07, 6.45) is -0.380. The van der Waals surface area contributed by atoms with Crippen molar-refractivity contribution in [3.63, 3.8) is 0 Å². The lowest BCUT2D eigenvalue weighted by molar-refractivity contribution is -0.141. The monoisotopic (exact) mass is 274 g/mol. The molecule has 0 spiro atoms. The molecule has 0 bridgehead atoms. The Kier molecular flexibility index (Phi) is 6.31. The maximum Gasteiger partial charge on any atom is 0.408 e. The van der Waals surface area contributed by atoms with Gasteiger partial charge in [-0.25, -0.2) is 4.79 Å². The van der Waals surface area contributed by atoms with Crippen LogP contribution in [-0.2, 0) is 14.3 Å². The molecule has 0 heterocycles. The van der Waals surface area contributed by atoms with E-state index in [1.165, 1.54) is 6.92 Å². The maximum atomic E-state index is 11.7. The molecule has 0 aromatic heterocycles. The third-order valence-electron chi connectivity index (χ3n) is 2.14. The molecule has 0 aromatic rings. The average molecular weight is 274 g/mol. The van der Waals surface area contributed by atoms with E-state index in [-0.39, 0.29) is 0 Å². The summed E-state index contributed by atoms with van der Waals surface area (Å²) in [5.74, 6) is -1.69. The molecule has 2 unspecified atom stereocenters. The third-order valence-corrected chi connectivity index (χ3v) is 2.14. The van der Waals surface area contributed by atoms with Gasteiger partial charge in [0.25, 0.3) is 0 Å². The quantitative estimate of drug-likeness (QED) is 0.690. The van der Waals surface area contributed by atoms with Gasteiger partial charge >= 0.3 is 12.1 Å². The molecule has 0 aliphatic heterocycles. The summed E-state index contributed by atoms with van der Waals surface area (Å²) >= 11 is 0. The van der Waals surface area contributed by atoms with E-state index in [0.29, 0.717) is 6.42 Å². The molecule has 19 heavy (non-hydrogen) atoms. The number of carboxylic acid groups (broad SMARTS) is 1. The van der Waals surface area contributed by atoms with Crippen molar-refractivity contribution in [1.82, 2.24) is 10.6 Å². The number of carboxylic acids is 1. The molecule has 0 rings (SSSR count). The van der Waals surface area contributed by atoms with Crippen molar-refractivity contribution in [2.75, 3.05) is 0 Å². The lowest BCUT2D eigenvalue weighted by Gasteiger charge is -2.23. The summed E-state index contributed by atoms with van der Waals surface area (Å²) in [4.78, 5) is 33.9. The van der Waals surface area contributed by atoms with E-state index >= 15 is 0 Å². The van der Waals surface area contributed by atoms with Crippen LogP contribution in [0.3, 0.4) is 0 Å². The number of hydrogen-bond acceptors (Lipinski definition) is 4. The van der Waals surface area contributed by atoms with Crippen molar-refractivity contribution in [3.05, 3.63) is 0 Å². The standard InChI is InChI=1S/C12H22N2O5/c1-6-8(9(15)13-7(2)10(16)17)14-11(18)19-12(3,4)5/h7-8H,6H2,1-5H3,(H,13,15)(H,14,18)(H,16,17). The van der Waals surface area contributed by atoms with Crippen molar-refractivity contribution in [2.24, 2.45) is 0 Å². The first-order valence-electron chi connectivity index (χ1n) is 6.09. The number of aliphatic carboxylic acids is 1. The van der Waals surface area contributed by atoms with Crippen LogP contribution in [0.2, 0.25) is 0 Å². The first kappa shape index (κ1) is 17.2. The normalized spacial score (nSPS) is 14.2. The molecule has 0 fully saturated rings. The van der Waals surface area contributed by atoms with Crippen molar-refractivity contribution in [1.29, 1.82) is 0 Å². The van der Waals surface area contributed by atoms with Crippen LogP contribution in [0.5, 0.6) is 0 Å². The van der Waals surface area contributed by atoms with Crippen molar-refractivity contribution in [3.8, 4) is 0 Å². The molecule has 0 aliphatic rings. The first-order chi connectivity index (χ1) is 8.56. The van der Waals surface area contributed by atoms with Crippen LogP contribution in [0, 0.1) is 0 Å². The molecule has 2 atom stereocenters. The predicted octanol–water partition coefficient (Wildman–Crippen LogP) is 0.879. The highest BCUT2D eigenvalue weighted by Crippen LogP contribution is 2.07. The molecule has 7 heteroatoms. The van der Waals surface area contributed by atoms with E-state index in [1.54, 1.807) is 27.7 Å². The Labute approximate surface area is 112 Å².